The van der Waals surface area contributed by atoms with Crippen LogP contribution in [0.25, 0.3) is 11.3 Å². The molecule has 0 aliphatic rings. The van der Waals surface area contributed by atoms with E-state index in [1.54, 1.807) is 0 Å². The summed E-state index contributed by atoms with van der Waals surface area (Å²) in [7, 11) is 0. The monoisotopic (exact) mass is 344 g/mol. The largest absolute Gasteiger partial charge is 0.419 e. The highest BCUT2D eigenvalue weighted by Crippen LogP contribution is 2.37. The number of nitrogens with zero attached hydrogens (tertiary/aromatic N) is 2. The Labute approximate surface area is 135 Å². The van der Waals surface area contributed by atoms with Crippen LogP contribution in [0.5, 0.6) is 0 Å². The lowest BCUT2D eigenvalue weighted by molar-refractivity contribution is -0.281. The molecule has 4 nitrogen and oxygen atoms in total. The number of halogens is 4. The molecule has 24 heavy (non-hydrogen) atoms. The Hall–Kier alpha value is -2.22. The molecule has 1 aromatic carbocycles. The molecule has 1 atom stereocenters. The second-order valence-electron chi connectivity index (χ2n) is 5.77. The minimum absolute atomic E-state index is 0.000908. The molecule has 2 rings (SSSR count). The van der Waals surface area contributed by atoms with Gasteiger partial charge in [-0.05, 0) is 24.1 Å². The van der Waals surface area contributed by atoms with E-state index in [4.69, 9.17) is 0 Å². The zero-order chi connectivity index (χ0) is 18.1. The number of hydrogen-bond acceptors (Lipinski definition) is 3. The van der Waals surface area contributed by atoms with Crippen LogP contribution in [0.4, 0.5) is 17.6 Å². The Bertz CT molecular complexity index is 786. The van der Waals surface area contributed by atoms with Gasteiger partial charge in [0.1, 0.15) is 5.82 Å². The molecule has 0 saturated heterocycles. The van der Waals surface area contributed by atoms with Crippen LogP contribution in [-0.2, 0) is 6.54 Å². The minimum atomic E-state index is -4.95. The zero-order valence-corrected chi connectivity index (χ0v) is 13.0. The maximum atomic E-state index is 13.8. The van der Waals surface area contributed by atoms with Crippen molar-refractivity contribution < 1.29 is 22.7 Å². The Balaban J connectivity index is 2.50. The highest BCUT2D eigenvalue weighted by molar-refractivity contribution is 5.58. The average Bonchev–Trinajstić information content (AvgIpc) is 2.48. The van der Waals surface area contributed by atoms with Crippen LogP contribution in [-0.4, -0.2) is 26.7 Å². The van der Waals surface area contributed by atoms with E-state index in [-0.39, 0.29) is 11.3 Å². The second-order valence-corrected chi connectivity index (χ2v) is 5.77. The van der Waals surface area contributed by atoms with E-state index in [0.29, 0.717) is 4.68 Å². The van der Waals surface area contributed by atoms with Crippen molar-refractivity contribution in [2.75, 3.05) is 0 Å². The lowest BCUT2D eigenvalue weighted by atomic mass is 9.89. The van der Waals surface area contributed by atoms with E-state index in [0.717, 1.165) is 6.07 Å². The van der Waals surface area contributed by atoms with Crippen LogP contribution < -0.4 is 5.56 Å². The molecule has 0 saturated carbocycles. The van der Waals surface area contributed by atoms with Crippen LogP contribution in [0.3, 0.4) is 0 Å². The van der Waals surface area contributed by atoms with Gasteiger partial charge in [-0.25, -0.2) is 9.07 Å². The third kappa shape index (κ3) is 3.33. The van der Waals surface area contributed by atoms with Gasteiger partial charge >= 0.3 is 6.18 Å². The summed E-state index contributed by atoms with van der Waals surface area (Å²) in [5, 5.41) is 13.8. The molecule has 8 heteroatoms. The van der Waals surface area contributed by atoms with Crippen LogP contribution in [0.15, 0.2) is 41.2 Å². The summed E-state index contributed by atoms with van der Waals surface area (Å²) in [5.41, 5.74) is -3.90. The molecule has 130 valence electrons. The molecular formula is C16H16F4N2O2. The summed E-state index contributed by atoms with van der Waals surface area (Å²) in [4.78, 5) is 11.8. The third-order valence-corrected chi connectivity index (χ3v) is 3.85. The number of benzene rings is 1. The lowest BCUT2D eigenvalue weighted by Gasteiger charge is -2.34. The molecule has 0 aliphatic carbocycles. The maximum Gasteiger partial charge on any atom is 0.419 e. The van der Waals surface area contributed by atoms with Gasteiger partial charge in [0, 0.05) is 11.6 Å². The van der Waals surface area contributed by atoms with Crippen LogP contribution in [0, 0.1) is 11.7 Å². The molecule has 1 aromatic heterocycles. The van der Waals surface area contributed by atoms with E-state index in [1.165, 1.54) is 44.2 Å². The molecule has 1 N–H and O–H groups in total. The summed E-state index contributed by atoms with van der Waals surface area (Å²) in [6, 6.07) is 7.77. The van der Waals surface area contributed by atoms with E-state index in [9.17, 15) is 27.5 Å². The number of alkyl halides is 3. The summed E-state index contributed by atoms with van der Waals surface area (Å²) in [6.07, 6.45) is -4.95. The van der Waals surface area contributed by atoms with E-state index in [2.05, 4.69) is 5.10 Å². The third-order valence-electron chi connectivity index (χ3n) is 3.85. The number of aromatic nitrogens is 2. The van der Waals surface area contributed by atoms with Gasteiger partial charge in [-0.3, -0.25) is 4.79 Å². The van der Waals surface area contributed by atoms with Crippen molar-refractivity contribution >= 4 is 0 Å². The van der Waals surface area contributed by atoms with Crippen molar-refractivity contribution in [2.24, 2.45) is 5.92 Å². The van der Waals surface area contributed by atoms with Gasteiger partial charge in [0.25, 0.3) is 5.56 Å². The van der Waals surface area contributed by atoms with E-state index < -0.39 is 35.6 Å². The fourth-order valence-electron chi connectivity index (χ4n) is 2.20. The molecule has 0 bridgehead atoms. The van der Waals surface area contributed by atoms with Gasteiger partial charge in [-0.15, -0.1) is 0 Å². The van der Waals surface area contributed by atoms with Crippen molar-refractivity contribution in [3.63, 3.8) is 0 Å². The summed E-state index contributed by atoms with van der Waals surface area (Å²) in [5.74, 6) is -1.83. The van der Waals surface area contributed by atoms with Crippen molar-refractivity contribution in [3.05, 3.63) is 52.6 Å². The molecule has 0 spiro atoms. The molecule has 0 fully saturated rings. The van der Waals surface area contributed by atoms with E-state index in [1.807, 2.05) is 0 Å². The molecule has 0 amide bonds. The average molecular weight is 344 g/mol. The molecular weight excluding hydrogens is 328 g/mol. The highest BCUT2D eigenvalue weighted by Gasteiger charge is 2.56. The predicted octanol–water partition coefficient (Wildman–Crippen LogP) is 3.00. The topological polar surface area (TPSA) is 55.1 Å². The predicted molar refractivity (Wildman–Crippen MR) is 79.7 cm³/mol. The Morgan fingerprint density at radius 3 is 2.33 bits per heavy atom. The second kappa shape index (κ2) is 6.35. The van der Waals surface area contributed by atoms with Gasteiger partial charge in [-0.1, -0.05) is 26.0 Å². The van der Waals surface area contributed by atoms with Gasteiger partial charge in [-0.2, -0.15) is 18.3 Å². The first-order chi connectivity index (χ1) is 11.1. The fourth-order valence-corrected chi connectivity index (χ4v) is 2.20. The zero-order valence-electron chi connectivity index (χ0n) is 13.0. The number of rotatable bonds is 4. The summed E-state index contributed by atoms with van der Waals surface area (Å²) >= 11 is 0. The Morgan fingerprint density at radius 1 is 1.17 bits per heavy atom. The lowest BCUT2D eigenvalue weighted by Crippen LogP contribution is -2.54. The molecule has 0 aliphatic heterocycles. The van der Waals surface area contributed by atoms with Crippen LogP contribution in [0.1, 0.15) is 13.8 Å². The van der Waals surface area contributed by atoms with Crippen molar-refractivity contribution in [1.82, 2.24) is 9.78 Å². The van der Waals surface area contributed by atoms with Crippen molar-refractivity contribution in [1.29, 1.82) is 0 Å². The molecule has 1 heterocycles. The SMILES string of the molecule is CC(C)C(O)(Cn1nc(-c2ccccc2F)ccc1=O)C(F)(F)F. The number of aliphatic hydroxyl groups is 1. The molecule has 0 radical (unpaired) electrons. The Morgan fingerprint density at radius 2 is 1.79 bits per heavy atom. The standard InChI is InChI=1S/C16H16F4N2O2/c1-10(2)15(24,16(18,19)20)9-22-14(23)8-7-13(21-22)11-5-3-4-6-12(11)17/h3-8,10,24H,9H2,1-2H3. The van der Waals surface area contributed by atoms with Crippen molar-refractivity contribution in [2.45, 2.75) is 32.2 Å². The normalized spacial score (nSPS) is 14.7. The first-order valence-electron chi connectivity index (χ1n) is 7.18. The Kier molecular flexibility index (Phi) is 4.80. The quantitative estimate of drug-likeness (QED) is 0.868. The smallest absolute Gasteiger partial charge is 0.379 e. The summed E-state index contributed by atoms with van der Waals surface area (Å²) < 4.78 is 53.9. The first-order valence-corrected chi connectivity index (χ1v) is 7.18. The fraction of sp³-hybridized carbons (Fsp3) is 0.375. The first kappa shape index (κ1) is 18.1. The van der Waals surface area contributed by atoms with Crippen LogP contribution >= 0.6 is 0 Å². The van der Waals surface area contributed by atoms with Crippen molar-refractivity contribution in [3.8, 4) is 11.3 Å². The van der Waals surface area contributed by atoms with Gasteiger partial charge in [0.05, 0.1) is 12.2 Å². The minimum Gasteiger partial charge on any atom is -0.379 e. The number of hydrogen-bond donors (Lipinski definition) is 1. The van der Waals surface area contributed by atoms with Gasteiger partial charge in [0.2, 0.25) is 0 Å². The van der Waals surface area contributed by atoms with E-state index >= 15 is 0 Å². The maximum absolute atomic E-state index is 13.8. The van der Waals surface area contributed by atoms with Gasteiger partial charge in [0.15, 0.2) is 5.60 Å². The van der Waals surface area contributed by atoms with Crippen LogP contribution in [0.2, 0.25) is 0 Å². The molecule has 1 unspecified atom stereocenters. The highest BCUT2D eigenvalue weighted by atomic mass is 19.4. The molecule has 2 aromatic rings. The van der Waals surface area contributed by atoms with Gasteiger partial charge < -0.3 is 5.11 Å². The summed E-state index contributed by atoms with van der Waals surface area (Å²) in [6.45, 7) is 1.31.